The van der Waals surface area contributed by atoms with Crippen LogP contribution in [0.5, 0.6) is 0 Å². The Kier molecular flexibility index (Phi) is 7.01. The van der Waals surface area contributed by atoms with E-state index in [1.54, 1.807) is 7.11 Å². The first-order valence-corrected chi connectivity index (χ1v) is 6.67. The second kappa shape index (κ2) is 8.04. The third kappa shape index (κ3) is 5.83. The number of nitrogens with zero attached hydrogens (tertiary/aromatic N) is 1. The Balaban J connectivity index is 2.19. The molecule has 0 aromatic rings. The third-order valence-electron chi connectivity index (χ3n) is 3.19. The molecule has 16 heavy (non-hydrogen) atoms. The van der Waals surface area contributed by atoms with E-state index in [4.69, 9.17) is 4.74 Å². The van der Waals surface area contributed by atoms with Gasteiger partial charge in [0.25, 0.3) is 0 Å². The highest BCUT2D eigenvalue weighted by molar-refractivity contribution is 4.75. The average molecular weight is 228 g/mol. The molecule has 1 saturated heterocycles. The first kappa shape index (κ1) is 13.9. The molecule has 96 valence electrons. The molecule has 0 amide bonds. The lowest BCUT2D eigenvalue weighted by atomic mass is 10.1. The Bertz CT molecular complexity index is 167. The van der Waals surface area contributed by atoms with Crippen molar-refractivity contribution >= 4 is 0 Å². The number of rotatable bonds is 8. The number of nitrogens with one attached hydrogen (secondary N) is 1. The van der Waals surface area contributed by atoms with E-state index in [9.17, 15) is 0 Å². The minimum absolute atomic E-state index is 0.744. The summed E-state index contributed by atoms with van der Waals surface area (Å²) in [4.78, 5) is 2.54. The van der Waals surface area contributed by atoms with Crippen molar-refractivity contribution in [2.24, 2.45) is 5.92 Å². The quantitative estimate of drug-likeness (QED) is 0.685. The summed E-state index contributed by atoms with van der Waals surface area (Å²) in [5, 5.41) is 3.56. The predicted octanol–water partition coefficient (Wildman–Crippen LogP) is 1.73. The first-order valence-electron chi connectivity index (χ1n) is 6.67. The van der Waals surface area contributed by atoms with E-state index in [2.05, 4.69) is 24.1 Å². The van der Waals surface area contributed by atoms with Gasteiger partial charge in [0, 0.05) is 26.2 Å². The second-order valence-electron chi connectivity index (χ2n) is 5.27. The van der Waals surface area contributed by atoms with Gasteiger partial charge in [0.05, 0.1) is 6.61 Å². The van der Waals surface area contributed by atoms with Gasteiger partial charge in [-0.3, -0.25) is 0 Å². The van der Waals surface area contributed by atoms with Crippen LogP contribution in [0.1, 0.15) is 33.1 Å². The molecule has 0 aromatic carbocycles. The van der Waals surface area contributed by atoms with Crippen LogP contribution in [0, 0.1) is 5.92 Å². The summed E-state index contributed by atoms with van der Waals surface area (Å²) in [6, 6.07) is 0.761. The molecule has 1 atom stereocenters. The van der Waals surface area contributed by atoms with Crippen molar-refractivity contribution < 1.29 is 4.74 Å². The van der Waals surface area contributed by atoms with Crippen molar-refractivity contribution in [1.82, 2.24) is 10.2 Å². The van der Waals surface area contributed by atoms with Gasteiger partial charge in [-0.1, -0.05) is 13.8 Å². The Morgan fingerprint density at radius 2 is 2.19 bits per heavy atom. The van der Waals surface area contributed by atoms with Crippen molar-refractivity contribution in [2.75, 3.05) is 39.9 Å². The van der Waals surface area contributed by atoms with Crippen LogP contribution in [-0.2, 0) is 4.74 Å². The smallest absolute Gasteiger partial charge is 0.0589 e. The molecule has 0 bridgehead atoms. The molecule has 1 unspecified atom stereocenters. The highest BCUT2D eigenvalue weighted by atomic mass is 16.5. The van der Waals surface area contributed by atoms with Gasteiger partial charge in [-0.25, -0.2) is 0 Å². The van der Waals surface area contributed by atoms with E-state index in [0.717, 1.165) is 25.1 Å². The lowest BCUT2D eigenvalue weighted by molar-refractivity contribution is 0.137. The minimum Gasteiger partial charge on any atom is -0.383 e. The topological polar surface area (TPSA) is 24.5 Å². The van der Waals surface area contributed by atoms with Crippen LogP contribution in [0.4, 0.5) is 0 Å². The Hall–Kier alpha value is -0.120. The van der Waals surface area contributed by atoms with Gasteiger partial charge in [0.2, 0.25) is 0 Å². The van der Waals surface area contributed by atoms with E-state index in [1.165, 1.54) is 38.9 Å². The lowest BCUT2D eigenvalue weighted by Gasteiger charge is -2.25. The standard InChI is InChI=1S/C13H28N2O/c1-12(2)11-15(9-10-16-3)8-6-13-5-4-7-14-13/h12-14H,4-11H2,1-3H3. The maximum atomic E-state index is 5.17. The second-order valence-corrected chi connectivity index (χ2v) is 5.27. The van der Waals surface area contributed by atoms with Gasteiger partial charge in [0.1, 0.15) is 0 Å². The molecule has 0 aliphatic carbocycles. The Labute approximate surface area is 101 Å². The molecule has 0 radical (unpaired) electrons. The predicted molar refractivity (Wildman–Crippen MR) is 68.8 cm³/mol. The van der Waals surface area contributed by atoms with Gasteiger partial charge in [-0.2, -0.15) is 0 Å². The normalized spacial score (nSPS) is 21.2. The number of hydrogen-bond donors (Lipinski definition) is 1. The highest BCUT2D eigenvalue weighted by Gasteiger charge is 2.15. The lowest BCUT2D eigenvalue weighted by Crippen LogP contribution is -2.35. The zero-order valence-corrected chi connectivity index (χ0v) is 11.2. The molecule has 1 fully saturated rings. The molecule has 3 nitrogen and oxygen atoms in total. The van der Waals surface area contributed by atoms with Gasteiger partial charge in [-0.15, -0.1) is 0 Å². The molecule has 0 aromatic heterocycles. The summed E-state index contributed by atoms with van der Waals surface area (Å²) in [6.07, 6.45) is 4.00. The van der Waals surface area contributed by atoms with Gasteiger partial charge < -0.3 is 15.0 Å². The summed E-state index contributed by atoms with van der Waals surface area (Å²) in [7, 11) is 1.78. The largest absolute Gasteiger partial charge is 0.383 e. The van der Waals surface area contributed by atoms with Crippen molar-refractivity contribution in [3.63, 3.8) is 0 Å². The molecule has 0 saturated carbocycles. The van der Waals surface area contributed by atoms with Crippen LogP contribution in [0.25, 0.3) is 0 Å². The molecule has 0 spiro atoms. The summed E-state index contributed by atoms with van der Waals surface area (Å²) in [6.45, 7) is 10.1. The monoisotopic (exact) mass is 228 g/mol. The van der Waals surface area contributed by atoms with Crippen LogP contribution in [0.15, 0.2) is 0 Å². The van der Waals surface area contributed by atoms with Crippen molar-refractivity contribution in [2.45, 2.75) is 39.2 Å². The van der Waals surface area contributed by atoms with E-state index in [0.29, 0.717) is 0 Å². The fraction of sp³-hybridized carbons (Fsp3) is 1.00. The van der Waals surface area contributed by atoms with E-state index < -0.39 is 0 Å². The van der Waals surface area contributed by atoms with E-state index >= 15 is 0 Å². The highest BCUT2D eigenvalue weighted by Crippen LogP contribution is 2.10. The van der Waals surface area contributed by atoms with E-state index in [-0.39, 0.29) is 0 Å². The number of methoxy groups -OCH3 is 1. The number of ether oxygens (including phenoxy) is 1. The summed E-state index contributed by atoms with van der Waals surface area (Å²) >= 11 is 0. The van der Waals surface area contributed by atoms with Crippen LogP contribution in [-0.4, -0.2) is 50.8 Å². The fourth-order valence-corrected chi connectivity index (χ4v) is 2.37. The minimum atomic E-state index is 0.744. The molecular formula is C13H28N2O. The maximum absolute atomic E-state index is 5.17. The molecule has 1 aliphatic heterocycles. The maximum Gasteiger partial charge on any atom is 0.0589 e. The fourth-order valence-electron chi connectivity index (χ4n) is 2.37. The zero-order valence-electron chi connectivity index (χ0n) is 11.2. The molecular weight excluding hydrogens is 200 g/mol. The summed E-state index contributed by atoms with van der Waals surface area (Å²) in [5.74, 6) is 0.744. The molecule has 1 rings (SSSR count). The van der Waals surface area contributed by atoms with Crippen molar-refractivity contribution in [3.05, 3.63) is 0 Å². The van der Waals surface area contributed by atoms with Crippen LogP contribution in [0.3, 0.4) is 0 Å². The van der Waals surface area contributed by atoms with Gasteiger partial charge >= 0.3 is 0 Å². The first-order chi connectivity index (χ1) is 7.72. The van der Waals surface area contributed by atoms with Crippen molar-refractivity contribution in [3.8, 4) is 0 Å². The Morgan fingerprint density at radius 3 is 2.75 bits per heavy atom. The molecule has 3 heteroatoms. The molecule has 1 N–H and O–H groups in total. The van der Waals surface area contributed by atoms with Gasteiger partial charge in [0.15, 0.2) is 0 Å². The van der Waals surface area contributed by atoms with Crippen LogP contribution < -0.4 is 5.32 Å². The Morgan fingerprint density at radius 1 is 1.38 bits per heavy atom. The summed E-state index contributed by atoms with van der Waals surface area (Å²) < 4.78 is 5.17. The SMILES string of the molecule is COCCN(CCC1CCCN1)CC(C)C. The van der Waals surface area contributed by atoms with Crippen LogP contribution in [0.2, 0.25) is 0 Å². The molecule has 1 aliphatic rings. The van der Waals surface area contributed by atoms with Crippen LogP contribution >= 0.6 is 0 Å². The van der Waals surface area contributed by atoms with Gasteiger partial charge in [-0.05, 0) is 38.3 Å². The van der Waals surface area contributed by atoms with E-state index in [1.807, 2.05) is 0 Å². The zero-order chi connectivity index (χ0) is 11.8. The number of hydrogen-bond acceptors (Lipinski definition) is 3. The third-order valence-corrected chi connectivity index (χ3v) is 3.19. The molecule has 1 heterocycles. The summed E-state index contributed by atoms with van der Waals surface area (Å²) in [5.41, 5.74) is 0. The van der Waals surface area contributed by atoms with Crippen molar-refractivity contribution in [1.29, 1.82) is 0 Å². The average Bonchev–Trinajstić information content (AvgIpc) is 2.74.